The molecule has 1 amide bonds. The minimum Gasteiger partial charge on any atom is -0.497 e. The molecule has 1 atom stereocenters. The Morgan fingerprint density at radius 3 is 2.47 bits per heavy atom. The molecule has 2 aromatic rings. The van der Waals surface area contributed by atoms with Crippen molar-refractivity contribution >= 4 is 11.7 Å². The van der Waals surface area contributed by atoms with E-state index < -0.39 is 0 Å². The zero-order valence-corrected chi connectivity index (χ0v) is 17.8. The number of likely N-dealkylation sites (N-methyl/N-ethyl adjacent to an activating group) is 1. The number of amides is 1. The van der Waals surface area contributed by atoms with E-state index in [4.69, 9.17) is 4.74 Å². The molecule has 1 aromatic heterocycles. The second-order valence-corrected chi connectivity index (χ2v) is 8.06. The molecular weight excluding hydrogens is 380 g/mol. The molecular formula is C22H30N6O2. The Balaban J connectivity index is 1.36. The number of hydrogen-bond donors (Lipinski definition) is 1. The van der Waals surface area contributed by atoms with Crippen LogP contribution in [0.1, 0.15) is 12.8 Å². The summed E-state index contributed by atoms with van der Waals surface area (Å²) in [6.45, 7) is 5.28. The normalized spacial score (nSPS) is 20.7. The summed E-state index contributed by atoms with van der Waals surface area (Å²) in [4.78, 5) is 17.2. The molecule has 1 unspecified atom stereocenters. The lowest BCUT2D eigenvalue weighted by atomic mass is 9.97. The third kappa shape index (κ3) is 4.88. The molecule has 8 nitrogen and oxygen atoms in total. The molecule has 160 valence electrons. The van der Waals surface area contributed by atoms with Gasteiger partial charge in [0.1, 0.15) is 5.75 Å². The minimum absolute atomic E-state index is 0.0264. The van der Waals surface area contributed by atoms with Gasteiger partial charge in [-0.1, -0.05) is 0 Å². The van der Waals surface area contributed by atoms with Crippen molar-refractivity contribution in [1.82, 2.24) is 25.5 Å². The van der Waals surface area contributed by atoms with E-state index in [-0.39, 0.29) is 11.8 Å². The summed E-state index contributed by atoms with van der Waals surface area (Å²) >= 11 is 0. The Hall–Kier alpha value is -2.71. The molecule has 2 aliphatic rings. The van der Waals surface area contributed by atoms with Gasteiger partial charge in [-0.2, -0.15) is 0 Å². The summed E-state index contributed by atoms with van der Waals surface area (Å²) in [5.74, 6) is 1.73. The van der Waals surface area contributed by atoms with Gasteiger partial charge in [-0.15, -0.1) is 10.2 Å². The van der Waals surface area contributed by atoms with Crippen LogP contribution >= 0.6 is 0 Å². The van der Waals surface area contributed by atoms with Crippen LogP contribution in [0.25, 0.3) is 11.3 Å². The molecule has 3 heterocycles. The summed E-state index contributed by atoms with van der Waals surface area (Å²) in [5, 5.41) is 10.9. The second kappa shape index (κ2) is 9.40. The van der Waals surface area contributed by atoms with Crippen LogP contribution in [0.2, 0.25) is 0 Å². The van der Waals surface area contributed by atoms with Gasteiger partial charge in [0.25, 0.3) is 0 Å². The topological polar surface area (TPSA) is 73.8 Å². The standard InChI is InChI=1S/C22H30N6O2/c1-26-12-14-28(15-13-26)25-22(29)18-4-3-11-27(16-18)21-10-9-20(23-24-21)17-5-7-19(30-2)8-6-17/h5-10,18H,3-4,11-16H2,1-2H3,(H,25,29). The van der Waals surface area contributed by atoms with Crippen molar-refractivity contribution in [1.29, 1.82) is 0 Å². The number of piperazine rings is 1. The van der Waals surface area contributed by atoms with Gasteiger partial charge < -0.3 is 14.5 Å². The number of rotatable bonds is 5. The van der Waals surface area contributed by atoms with Crippen molar-refractivity contribution < 1.29 is 9.53 Å². The molecule has 2 fully saturated rings. The summed E-state index contributed by atoms with van der Waals surface area (Å²) in [6.07, 6.45) is 1.89. The van der Waals surface area contributed by atoms with E-state index in [1.54, 1.807) is 7.11 Å². The smallest absolute Gasteiger partial charge is 0.239 e. The Morgan fingerprint density at radius 2 is 1.80 bits per heavy atom. The highest BCUT2D eigenvalue weighted by molar-refractivity contribution is 5.79. The number of nitrogens with zero attached hydrogens (tertiary/aromatic N) is 5. The van der Waals surface area contributed by atoms with Crippen LogP contribution in [0.5, 0.6) is 5.75 Å². The van der Waals surface area contributed by atoms with Crippen LogP contribution in [0.3, 0.4) is 0 Å². The minimum atomic E-state index is -0.0264. The van der Waals surface area contributed by atoms with Crippen LogP contribution in [0.4, 0.5) is 5.82 Å². The molecule has 0 bridgehead atoms. The molecule has 2 saturated heterocycles. The summed E-state index contributed by atoms with van der Waals surface area (Å²) in [7, 11) is 3.76. The molecule has 0 aliphatic carbocycles. The van der Waals surface area contributed by atoms with E-state index in [0.29, 0.717) is 6.54 Å². The van der Waals surface area contributed by atoms with Crippen molar-refractivity contribution in [2.24, 2.45) is 5.92 Å². The van der Waals surface area contributed by atoms with E-state index in [1.807, 2.05) is 41.4 Å². The van der Waals surface area contributed by atoms with Gasteiger partial charge in [0.2, 0.25) is 5.91 Å². The Kier molecular flexibility index (Phi) is 6.44. The third-order valence-corrected chi connectivity index (χ3v) is 5.92. The highest BCUT2D eigenvalue weighted by Gasteiger charge is 2.28. The lowest BCUT2D eigenvalue weighted by Gasteiger charge is -2.36. The van der Waals surface area contributed by atoms with Crippen molar-refractivity contribution in [2.75, 3.05) is 58.3 Å². The van der Waals surface area contributed by atoms with Crippen LogP contribution < -0.4 is 15.1 Å². The lowest BCUT2D eigenvalue weighted by molar-refractivity contribution is -0.131. The molecule has 30 heavy (non-hydrogen) atoms. The first-order valence-corrected chi connectivity index (χ1v) is 10.6. The SMILES string of the molecule is COc1ccc(-c2ccc(N3CCCC(C(=O)NN4CCN(C)CC4)C3)nn2)cc1. The van der Waals surface area contributed by atoms with Crippen LogP contribution in [-0.4, -0.2) is 79.4 Å². The molecule has 0 spiro atoms. The molecule has 1 aromatic carbocycles. The number of hydrazine groups is 1. The summed E-state index contributed by atoms with van der Waals surface area (Å²) in [5.41, 5.74) is 4.94. The first-order chi connectivity index (χ1) is 14.6. The first kappa shape index (κ1) is 20.6. The van der Waals surface area contributed by atoms with E-state index in [0.717, 1.165) is 68.4 Å². The maximum absolute atomic E-state index is 12.8. The van der Waals surface area contributed by atoms with Gasteiger partial charge >= 0.3 is 0 Å². The number of methoxy groups -OCH3 is 1. The molecule has 2 aliphatic heterocycles. The van der Waals surface area contributed by atoms with Gasteiger partial charge in [0.05, 0.1) is 18.7 Å². The van der Waals surface area contributed by atoms with Gasteiger partial charge in [-0.25, -0.2) is 5.01 Å². The summed E-state index contributed by atoms with van der Waals surface area (Å²) < 4.78 is 5.20. The Bertz CT molecular complexity index is 834. The number of hydrogen-bond acceptors (Lipinski definition) is 7. The number of nitrogens with one attached hydrogen (secondary N) is 1. The number of carbonyl (C=O) groups is 1. The van der Waals surface area contributed by atoms with Crippen molar-refractivity contribution in [3.63, 3.8) is 0 Å². The zero-order chi connectivity index (χ0) is 20.9. The van der Waals surface area contributed by atoms with E-state index >= 15 is 0 Å². The van der Waals surface area contributed by atoms with Crippen molar-refractivity contribution in [3.8, 4) is 17.0 Å². The number of aromatic nitrogens is 2. The number of piperidine rings is 1. The fraction of sp³-hybridized carbons (Fsp3) is 0.500. The third-order valence-electron chi connectivity index (χ3n) is 5.92. The van der Waals surface area contributed by atoms with Crippen LogP contribution in [0.15, 0.2) is 36.4 Å². The maximum atomic E-state index is 12.8. The van der Waals surface area contributed by atoms with Crippen LogP contribution in [-0.2, 0) is 4.79 Å². The average Bonchev–Trinajstić information content (AvgIpc) is 2.81. The zero-order valence-electron chi connectivity index (χ0n) is 17.8. The molecule has 0 radical (unpaired) electrons. The lowest BCUT2D eigenvalue weighted by Crippen LogP contribution is -2.55. The van der Waals surface area contributed by atoms with Gasteiger partial charge in [0.15, 0.2) is 5.82 Å². The maximum Gasteiger partial charge on any atom is 0.239 e. The van der Waals surface area contributed by atoms with Gasteiger partial charge in [-0.05, 0) is 56.3 Å². The number of ether oxygens (including phenoxy) is 1. The largest absolute Gasteiger partial charge is 0.497 e. The predicted molar refractivity (Wildman–Crippen MR) is 116 cm³/mol. The van der Waals surface area contributed by atoms with Crippen molar-refractivity contribution in [2.45, 2.75) is 12.8 Å². The fourth-order valence-electron chi connectivity index (χ4n) is 3.97. The molecule has 1 N–H and O–H groups in total. The van der Waals surface area contributed by atoms with Crippen molar-refractivity contribution in [3.05, 3.63) is 36.4 Å². The van der Waals surface area contributed by atoms with E-state index in [2.05, 4.69) is 32.5 Å². The number of carbonyl (C=O) groups excluding carboxylic acids is 1. The average molecular weight is 411 g/mol. The fourth-order valence-corrected chi connectivity index (χ4v) is 3.97. The van der Waals surface area contributed by atoms with Gasteiger partial charge in [-0.3, -0.25) is 10.2 Å². The van der Waals surface area contributed by atoms with Crippen LogP contribution in [0, 0.1) is 5.92 Å². The highest BCUT2D eigenvalue weighted by atomic mass is 16.5. The molecule has 0 saturated carbocycles. The van der Waals surface area contributed by atoms with E-state index in [9.17, 15) is 4.79 Å². The second-order valence-electron chi connectivity index (χ2n) is 8.06. The molecule has 4 rings (SSSR count). The quantitative estimate of drug-likeness (QED) is 0.803. The Morgan fingerprint density at radius 1 is 1.03 bits per heavy atom. The number of benzene rings is 1. The Labute approximate surface area is 177 Å². The summed E-state index contributed by atoms with van der Waals surface area (Å²) in [6, 6.07) is 11.8. The predicted octanol–water partition coefficient (Wildman–Crippen LogP) is 1.65. The first-order valence-electron chi connectivity index (χ1n) is 10.6. The van der Waals surface area contributed by atoms with E-state index in [1.165, 1.54) is 0 Å². The highest BCUT2D eigenvalue weighted by Crippen LogP contribution is 2.24. The number of anilines is 1. The van der Waals surface area contributed by atoms with Gasteiger partial charge in [0, 0.05) is 44.8 Å². The monoisotopic (exact) mass is 410 g/mol. The molecule has 8 heteroatoms.